The van der Waals surface area contributed by atoms with Gasteiger partial charge in [-0.3, -0.25) is 10.1 Å². The number of fused-ring (bicyclic) bond motifs is 1. The summed E-state index contributed by atoms with van der Waals surface area (Å²) in [6, 6.07) is 6.16. The molecule has 0 saturated heterocycles. The molecule has 0 bridgehead atoms. The number of nitrogens with zero attached hydrogens (tertiary/aromatic N) is 2. The zero-order chi connectivity index (χ0) is 16.4. The first kappa shape index (κ1) is 15.2. The maximum absolute atomic E-state index is 12.4. The zero-order valence-corrected chi connectivity index (χ0v) is 13.2. The van der Waals surface area contributed by atoms with Crippen LogP contribution in [0.25, 0.3) is 11.0 Å². The lowest BCUT2D eigenvalue weighted by Crippen LogP contribution is -2.15. The van der Waals surface area contributed by atoms with Crippen molar-refractivity contribution in [1.82, 2.24) is 10.2 Å². The molecule has 1 aromatic carbocycles. The van der Waals surface area contributed by atoms with E-state index in [4.69, 9.17) is 9.15 Å². The van der Waals surface area contributed by atoms with E-state index >= 15 is 0 Å². The quantitative estimate of drug-likeness (QED) is 0.739. The van der Waals surface area contributed by atoms with E-state index in [9.17, 15) is 9.59 Å². The molecule has 0 aliphatic carbocycles. The van der Waals surface area contributed by atoms with Crippen molar-refractivity contribution in [2.75, 3.05) is 5.32 Å². The van der Waals surface area contributed by atoms with Crippen molar-refractivity contribution in [3.05, 3.63) is 45.8 Å². The van der Waals surface area contributed by atoms with Crippen LogP contribution < -0.4 is 15.7 Å². The van der Waals surface area contributed by atoms with Crippen LogP contribution in [-0.4, -0.2) is 22.2 Å². The summed E-state index contributed by atoms with van der Waals surface area (Å²) in [4.78, 5) is 24.1. The predicted octanol–water partition coefficient (Wildman–Crippen LogP) is 2.68. The molecule has 0 aliphatic rings. The average Bonchev–Trinajstić information content (AvgIpc) is 2.98. The Kier molecular flexibility index (Phi) is 4.07. The summed E-state index contributed by atoms with van der Waals surface area (Å²) in [6.45, 7) is 3.79. The average molecular weight is 331 g/mol. The van der Waals surface area contributed by atoms with Crippen molar-refractivity contribution in [3.8, 4) is 5.75 Å². The van der Waals surface area contributed by atoms with Crippen LogP contribution in [0.1, 0.15) is 24.2 Å². The molecule has 23 heavy (non-hydrogen) atoms. The molecule has 0 atom stereocenters. The molecule has 2 aromatic heterocycles. The molecule has 2 heterocycles. The minimum atomic E-state index is -0.610. The smallest absolute Gasteiger partial charge is 0.337 e. The molecule has 0 fully saturated rings. The third kappa shape index (κ3) is 3.37. The lowest BCUT2D eigenvalue weighted by atomic mass is 10.1. The number of amides is 1. The number of ether oxygens (including phenoxy) is 1. The molecule has 1 amide bonds. The highest BCUT2D eigenvalue weighted by atomic mass is 32.1. The maximum atomic E-state index is 12.4. The van der Waals surface area contributed by atoms with Gasteiger partial charge in [0.1, 0.15) is 16.8 Å². The number of anilines is 1. The van der Waals surface area contributed by atoms with Gasteiger partial charge in [0.15, 0.2) is 0 Å². The van der Waals surface area contributed by atoms with Crippen molar-refractivity contribution in [2.45, 2.75) is 20.0 Å². The van der Waals surface area contributed by atoms with Gasteiger partial charge in [-0.1, -0.05) is 11.3 Å². The molecule has 8 heteroatoms. The highest BCUT2D eigenvalue weighted by Gasteiger charge is 2.15. The summed E-state index contributed by atoms with van der Waals surface area (Å²) in [7, 11) is 0. The summed E-state index contributed by atoms with van der Waals surface area (Å²) in [5.74, 6) is 0.120. The minimum Gasteiger partial charge on any atom is -0.491 e. The molecule has 3 rings (SSSR count). The largest absolute Gasteiger partial charge is 0.491 e. The van der Waals surface area contributed by atoms with Crippen molar-refractivity contribution in [2.24, 2.45) is 0 Å². The highest BCUT2D eigenvalue weighted by Crippen LogP contribution is 2.24. The molecule has 1 N–H and O–H groups in total. The summed E-state index contributed by atoms with van der Waals surface area (Å²) in [6.07, 6.45) is -0.0111. The number of carbonyl (C=O) groups excluding carboxylic acids is 1. The Morgan fingerprint density at radius 1 is 1.35 bits per heavy atom. The van der Waals surface area contributed by atoms with Gasteiger partial charge in [-0.25, -0.2) is 4.79 Å². The fourth-order valence-electron chi connectivity index (χ4n) is 2.07. The van der Waals surface area contributed by atoms with E-state index in [0.717, 1.165) is 6.07 Å². The van der Waals surface area contributed by atoms with E-state index in [-0.39, 0.29) is 17.3 Å². The molecular formula is C15H13N3O4S. The Labute approximate surface area is 134 Å². The standard InChI is InChI=1S/C15H13N3O4S/c1-8(2)21-9-3-4-10-11(6-13(19)22-12(10)5-9)14(20)17-15-18-16-7-23-15/h3-8H,1-2H3,(H,17,18,20). The van der Waals surface area contributed by atoms with E-state index < -0.39 is 11.5 Å². The van der Waals surface area contributed by atoms with Gasteiger partial charge in [0.2, 0.25) is 5.13 Å². The number of rotatable bonds is 4. The number of aromatic nitrogens is 2. The van der Waals surface area contributed by atoms with Crippen LogP contribution in [0.5, 0.6) is 5.75 Å². The summed E-state index contributed by atoms with van der Waals surface area (Å²) >= 11 is 1.19. The van der Waals surface area contributed by atoms with Gasteiger partial charge >= 0.3 is 5.63 Å². The summed E-state index contributed by atoms with van der Waals surface area (Å²) in [5.41, 5.74) is 1.39. The van der Waals surface area contributed by atoms with Crippen LogP contribution in [-0.2, 0) is 0 Å². The van der Waals surface area contributed by atoms with Crippen LogP contribution in [0, 0.1) is 0 Å². The van der Waals surface area contributed by atoms with E-state index in [0.29, 0.717) is 16.3 Å². The third-order valence-corrected chi connectivity index (χ3v) is 3.52. The number of benzene rings is 1. The van der Waals surface area contributed by atoms with Gasteiger partial charge in [-0.05, 0) is 26.0 Å². The number of carbonyl (C=O) groups is 1. The lowest BCUT2D eigenvalue weighted by Gasteiger charge is -2.10. The Morgan fingerprint density at radius 3 is 2.87 bits per heavy atom. The first-order valence-electron chi connectivity index (χ1n) is 6.85. The van der Waals surface area contributed by atoms with Crippen LogP contribution in [0.2, 0.25) is 0 Å². The number of nitrogens with one attached hydrogen (secondary N) is 1. The Balaban J connectivity index is 2.02. The molecule has 118 valence electrons. The van der Waals surface area contributed by atoms with Crippen LogP contribution in [0.15, 0.2) is 39.0 Å². The molecule has 0 unspecified atom stereocenters. The first-order chi connectivity index (χ1) is 11.0. The minimum absolute atomic E-state index is 0.0111. The molecule has 0 spiro atoms. The second-order valence-electron chi connectivity index (χ2n) is 5.00. The Morgan fingerprint density at radius 2 is 2.17 bits per heavy atom. The fraction of sp³-hybridized carbons (Fsp3) is 0.200. The second kappa shape index (κ2) is 6.17. The topological polar surface area (TPSA) is 94.3 Å². The Hall–Kier alpha value is -2.74. The molecular weight excluding hydrogens is 318 g/mol. The normalized spacial score (nSPS) is 10.9. The lowest BCUT2D eigenvalue weighted by molar-refractivity contribution is 0.102. The van der Waals surface area contributed by atoms with E-state index in [1.165, 1.54) is 16.8 Å². The van der Waals surface area contributed by atoms with Crippen LogP contribution in [0.3, 0.4) is 0 Å². The summed E-state index contributed by atoms with van der Waals surface area (Å²) < 4.78 is 10.7. The molecule has 0 aliphatic heterocycles. The number of hydrogen-bond donors (Lipinski definition) is 1. The van der Waals surface area contributed by atoms with Gasteiger partial charge < -0.3 is 9.15 Å². The van der Waals surface area contributed by atoms with Crippen molar-refractivity contribution in [3.63, 3.8) is 0 Å². The van der Waals surface area contributed by atoms with Gasteiger partial charge in [-0.2, -0.15) is 0 Å². The van der Waals surface area contributed by atoms with Crippen molar-refractivity contribution < 1.29 is 13.9 Å². The zero-order valence-electron chi connectivity index (χ0n) is 12.4. The number of hydrogen-bond acceptors (Lipinski definition) is 7. The summed E-state index contributed by atoms with van der Waals surface area (Å²) in [5, 5.41) is 10.9. The van der Waals surface area contributed by atoms with E-state index in [1.54, 1.807) is 18.2 Å². The third-order valence-electron chi connectivity index (χ3n) is 2.91. The van der Waals surface area contributed by atoms with Gasteiger partial charge in [-0.15, -0.1) is 10.2 Å². The molecule has 3 aromatic rings. The van der Waals surface area contributed by atoms with Gasteiger partial charge in [0.25, 0.3) is 5.91 Å². The second-order valence-corrected chi connectivity index (χ2v) is 5.83. The van der Waals surface area contributed by atoms with Crippen LogP contribution >= 0.6 is 11.3 Å². The molecule has 0 radical (unpaired) electrons. The van der Waals surface area contributed by atoms with Crippen LogP contribution in [0.4, 0.5) is 5.13 Å². The fourth-order valence-corrected chi connectivity index (χ4v) is 2.51. The van der Waals surface area contributed by atoms with E-state index in [2.05, 4.69) is 15.5 Å². The Bertz CT molecular complexity index is 903. The van der Waals surface area contributed by atoms with Crippen molar-refractivity contribution >= 4 is 33.3 Å². The SMILES string of the molecule is CC(C)Oc1ccc2c(C(=O)Nc3nncs3)cc(=O)oc2c1. The van der Waals surface area contributed by atoms with E-state index in [1.807, 2.05) is 13.8 Å². The van der Waals surface area contributed by atoms with Gasteiger partial charge in [0.05, 0.1) is 11.7 Å². The molecule has 7 nitrogen and oxygen atoms in total. The molecule has 0 saturated carbocycles. The maximum Gasteiger partial charge on any atom is 0.337 e. The monoisotopic (exact) mass is 331 g/mol. The van der Waals surface area contributed by atoms with Gasteiger partial charge in [0, 0.05) is 17.5 Å². The highest BCUT2D eigenvalue weighted by molar-refractivity contribution is 7.13. The predicted molar refractivity (Wildman–Crippen MR) is 86.1 cm³/mol. The first-order valence-corrected chi connectivity index (χ1v) is 7.73. The van der Waals surface area contributed by atoms with Crippen molar-refractivity contribution in [1.29, 1.82) is 0 Å².